The molecule has 0 atom stereocenters. The highest BCUT2D eigenvalue weighted by Gasteiger charge is 2.02. The Morgan fingerprint density at radius 2 is 1.58 bits per heavy atom. The fourth-order valence-corrected chi connectivity index (χ4v) is 3.36. The van der Waals surface area contributed by atoms with Gasteiger partial charge in [-0.05, 0) is 59.5 Å². The smallest absolute Gasteiger partial charge is 0.158 e. The molecule has 0 spiro atoms. The van der Waals surface area contributed by atoms with Gasteiger partial charge in [0.05, 0.1) is 0 Å². The SMILES string of the molecule is O=C(CO)CCCCCCCc1ccc(-c2ccc3[nH]ccc3c2)cc1. The van der Waals surface area contributed by atoms with Crippen molar-refractivity contribution in [3.05, 3.63) is 60.3 Å². The Labute approximate surface area is 155 Å². The highest BCUT2D eigenvalue weighted by molar-refractivity contribution is 5.85. The van der Waals surface area contributed by atoms with Gasteiger partial charge in [0.15, 0.2) is 5.78 Å². The summed E-state index contributed by atoms with van der Waals surface area (Å²) in [5.74, 6) is -0.0410. The number of nitrogens with one attached hydrogen (secondary N) is 1. The molecule has 0 aliphatic heterocycles. The van der Waals surface area contributed by atoms with Gasteiger partial charge in [-0.2, -0.15) is 0 Å². The molecule has 0 amide bonds. The third-order valence-electron chi connectivity index (χ3n) is 4.94. The van der Waals surface area contributed by atoms with Crippen LogP contribution in [0.3, 0.4) is 0 Å². The molecule has 3 aromatic rings. The molecular weight excluding hydrogens is 322 g/mol. The lowest BCUT2D eigenvalue weighted by atomic mass is 10.00. The van der Waals surface area contributed by atoms with Gasteiger partial charge in [-0.25, -0.2) is 0 Å². The molecule has 0 unspecified atom stereocenters. The largest absolute Gasteiger partial charge is 0.389 e. The maximum absolute atomic E-state index is 11.0. The van der Waals surface area contributed by atoms with Crippen LogP contribution in [0.2, 0.25) is 0 Å². The third kappa shape index (κ3) is 5.06. The maximum atomic E-state index is 11.0. The highest BCUT2D eigenvalue weighted by atomic mass is 16.3. The molecule has 0 saturated carbocycles. The summed E-state index contributed by atoms with van der Waals surface area (Å²) in [5.41, 5.74) is 5.06. The number of benzene rings is 2. The van der Waals surface area contributed by atoms with Crippen LogP contribution in [-0.2, 0) is 11.2 Å². The van der Waals surface area contributed by atoms with Crippen molar-refractivity contribution in [3.63, 3.8) is 0 Å². The van der Waals surface area contributed by atoms with E-state index >= 15 is 0 Å². The molecule has 0 aliphatic rings. The zero-order chi connectivity index (χ0) is 18.2. The van der Waals surface area contributed by atoms with E-state index in [0.717, 1.165) is 25.7 Å². The number of carbonyl (C=O) groups excluding carboxylic acids is 1. The topological polar surface area (TPSA) is 53.1 Å². The summed E-state index contributed by atoms with van der Waals surface area (Å²) in [7, 11) is 0. The maximum Gasteiger partial charge on any atom is 0.158 e. The number of unbranched alkanes of at least 4 members (excludes halogenated alkanes) is 4. The van der Waals surface area contributed by atoms with Gasteiger partial charge in [0, 0.05) is 18.1 Å². The van der Waals surface area contributed by atoms with Crippen LogP contribution in [-0.4, -0.2) is 22.5 Å². The van der Waals surface area contributed by atoms with Gasteiger partial charge in [0.2, 0.25) is 0 Å². The predicted octanol–water partition coefficient (Wildman–Crippen LogP) is 5.28. The number of carbonyl (C=O) groups is 1. The molecule has 1 aromatic heterocycles. The average molecular weight is 349 g/mol. The van der Waals surface area contributed by atoms with E-state index in [2.05, 4.69) is 53.5 Å². The number of aliphatic hydroxyl groups excluding tert-OH is 1. The van der Waals surface area contributed by atoms with Crippen LogP contribution >= 0.6 is 0 Å². The van der Waals surface area contributed by atoms with E-state index in [0.29, 0.717) is 6.42 Å². The van der Waals surface area contributed by atoms with Crippen molar-refractivity contribution >= 4 is 16.7 Å². The number of aryl methyl sites for hydroxylation is 1. The number of H-pyrrole nitrogens is 1. The summed E-state index contributed by atoms with van der Waals surface area (Å²) in [6.45, 7) is -0.310. The van der Waals surface area contributed by atoms with Crippen LogP contribution in [0, 0.1) is 0 Å². The number of rotatable bonds is 10. The lowest BCUT2D eigenvalue weighted by Crippen LogP contribution is -2.02. The molecule has 2 N–H and O–H groups in total. The van der Waals surface area contributed by atoms with Crippen molar-refractivity contribution in [2.45, 2.75) is 44.9 Å². The molecule has 26 heavy (non-hydrogen) atoms. The fourth-order valence-electron chi connectivity index (χ4n) is 3.36. The predicted molar refractivity (Wildman–Crippen MR) is 107 cm³/mol. The minimum atomic E-state index is -0.310. The summed E-state index contributed by atoms with van der Waals surface area (Å²) in [4.78, 5) is 14.2. The number of aliphatic hydroxyl groups is 1. The summed E-state index contributed by atoms with van der Waals surface area (Å²) >= 11 is 0. The molecule has 0 radical (unpaired) electrons. The molecular formula is C23H27NO2. The first kappa shape index (κ1) is 18.4. The Morgan fingerprint density at radius 3 is 2.38 bits per heavy atom. The molecule has 3 heteroatoms. The highest BCUT2D eigenvalue weighted by Crippen LogP contribution is 2.24. The van der Waals surface area contributed by atoms with Crippen LogP contribution in [0.5, 0.6) is 0 Å². The van der Waals surface area contributed by atoms with Crippen molar-refractivity contribution in [1.82, 2.24) is 4.98 Å². The van der Waals surface area contributed by atoms with Gasteiger partial charge in [-0.3, -0.25) is 4.79 Å². The second-order valence-electron chi connectivity index (χ2n) is 6.94. The molecule has 0 bridgehead atoms. The zero-order valence-corrected chi connectivity index (χ0v) is 15.2. The summed E-state index contributed by atoms with van der Waals surface area (Å²) in [5, 5.41) is 9.92. The second kappa shape index (κ2) is 9.35. The number of ketones is 1. The fraction of sp³-hybridized carbons (Fsp3) is 0.348. The lowest BCUT2D eigenvalue weighted by Gasteiger charge is -2.06. The number of hydrogen-bond donors (Lipinski definition) is 2. The van der Waals surface area contributed by atoms with E-state index in [-0.39, 0.29) is 12.4 Å². The van der Waals surface area contributed by atoms with Crippen LogP contribution in [0.25, 0.3) is 22.0 Å². The van der Waals surface area contributed by atoms with Crippen molar-refractivity contribution in [2.75, 3.05) is 6.61 Å². The van der Waals surface area contributed by atoms with Gasteiger partial charge in [-0.15, -0.1) is 0 Å². The third-order valence-corrected chi connectivity index (χ3v) is 4.94. The van der Waals surface area contributed by atoms with Crippen LogP contribution < -0.4 is 0 Å². The number of fused-ring (bicyclic) bond motifs is 1. The van der Waals surface area contributed by atoms with Crippen molar-refractivity contribution in [2.24, 2.45) is 0 Å². The Morgan fingerprint density at radius 1 is 0.846 bits per heavy atom. The first-order valence-electron chi connectivity index (χ1n) is 9.55. The van der Waals surface area contributed by atoms with Crippen molar-refractivity contribution < 1.29 is 9.90 Å². The lowest BCUT2D eigenvalue weighted by molar-refractivity contribution is -0.121. The molecule has 3 rings (SSSR count). The minimum absolute atomic E-state index is 0.0410. The first-order chi connectivity index (χ1) is 12.8. The van der Waals surface area contributed by atoms with Gasteiger partial charge in [0.1, 0.15) is 6.61 Å². The number of aromatic amines is 1. The van der Waals surface area contributed by atoms with Crippen molar-refractivity contribution in [1.29, 1.82) is 0 Å². The average Bonchev–Trinajstić information content (AvgIpc) is 3.15. The Kier molecular flexibility index (Phi) is 6.62. The molecule has 0 aliphatic carbocycles. The monoisotopic (exact) mass is 349 g/mol. The minimum Gasteiger partial charge on any atom is -0.389 e. The van der Waals surface area contributed by atoms with Crippen LogP contribution in [0.4, 0.5) is 0 Å². The Hall–Kier alpha value is -2.39. The normalized spacial score (nSPS) is 11.1. The molecule has 2 aromatic carbocycles. The van der Waals surface area contributed by atoms with Gasteiger partial charge >= 0.3 is 0 Å². The molecule has 136 valence electrons. The molecule has 0 saturated heterocycles. The summed E-state index contributed by atoms with van der Waals surface area (Å²) < 4.78 is 0. The van der Waals surface area contributed by atoms with Crippen molar-refractivity contribution in [3.8, 4) is 11.1 Å². The standard InChI is InChI=1S/C23H27NO2/c25-17-22(26)7-5-3-1-2-4-6-18-8-10-19(11-9-18)20-12-13-23-21(16-20)14-15-24-23/h8-16,24-25H,1-7,17H2. The second-order valence-corrected chi connectivity index (χ2v) is 6.94. The summed E-state index contributed by atoms with van der Waals surface area (Å²) in [6.07, 6.45) is 9.11. The van der Waals surface area contributed by atoms with Gasteiger partial charge in [-0.1, -0.05) is 49.6 Å². The van der Waals surface area contributed by atoms with E-state index < -0.39 is 0 Å². The van der Waals surface area contributed by atoms with E-state index in [1.807, 2.05) is 6.20 Å². The van der Waals surface area contributed by atoms with Gasteiger partial charge in [0.25, 0.3) is 0 Å². The van der Waals surface area contributed by atoms with Gasteiger partial charge < -0.3 is 10.1 Å². The number of aromatic nitrogens is 1. The Bertz CT molecular complexity index is 833. The van der Waals surface area contributed by atoms with Crippen LogP contribution in [0.1, 0.15) is 44.1 Å². The van der Waals surface area contributed by atoms with E-state index in [4.69, 9.17) is 5.11 Å². The molecule has 0 fully saturated rings. The summed E-state index contributed by atoms with van der Waals surface area (Å²) in [6, 6.07) is 17.5. The molecule has 3 nitrogen and oxygen atoms in total. The quantitative estimate of drug-likeness (QED) is 0.489. The van der Waals surface area contributed by atoms with Crippen LogP contribution in [0.15, 0.2) is 54.7 Å². The first-order valence-corrected chi connectivity index (χ1v) is 9.55. The van der Waals surface area contributed by atoms with E-state index in [1.165, 1.54) is 40.4 Å². The zero-order valence-electron chi connectivity index (χ0n) is 15.2. The van der Waals surface area contributed by atoms with E-state index in [9.17, 15) is 4.79 Å². The molecule has 1 heterocycles. The number of Topliss-reactive ketones (excluding diaryl/α,β-unsaturated/α-hetero) is 1. The Balaban J connectivity index is 1.42. The number of hydrogen-bond acceptors (Lipinski definition) is 2. The van der Waals surface area contributed by atoms with E-state index in [1.54, 1.807) is 0 Å².